The van der Waals surface area contributed by atoms with Crippen molar-refractivity contribution in [3.63, 3.8) is 0 Å². The standard InChI is InChI=1S/C19H31N5O3S/c1-15(2)13-28(26,27)24-10-5-7-19(17(25)22(3)4)14-23(11-16(19)12-24)18-20-8-6-9-21-18/h6,8-9,15-16H,5,7,10-14H2,1-4H3/t16-,19+/m1/s1. The van der Waals surface area contributed by atoms with Gasteiger partial charge in [0.05, 0.1) is 11.2 Å². The molecule has 0 unspecified atom stereocenters. The smallest absolute Gasteiger partial charge is 0.230 e. The largest absolute Gasteiger partial charge is 0.348 e. The number of carbonyl (C=O) groups excluding carboxylic acids is 1. The van der Waals surface area contributed by atoms with E-state index in [1.54, 1.807) is 41.8 Å². The van der Waals surface area contributed by atoms with Crippen LogP contribution in [0.5, 0.6) is 0 Å². The van der Waals surface area contributed by atoms with Gasteiger partial charge in [0.2, 0.25) is 21.9 Å². The number of rotatable bonds is 5. The maximum atomic E-state index is 13.3. The average Bonchev–Trinajstić information content (AvgIpc) is 2.89. The van der Waals surface area contributed by atoms with Gasteiger partial charge in [-0.2, -0.15) is 0 Å². The maximum Gasteiger partial charge on any atom is 0.230 e. The van der Waals surface area contributed by atoms with Crippen LogP contribution < -0.4 is 4.90 Å². The molecule has 2 atom stereocenters. The number of carbonyl (C=O) groups is 1. The van der Waals surface area contributed by atoms with Crippen LogP contribution in [0.25, 0.3) is 0 Å². The normalized spacial score (nSPS) is 26.2. The lowest BCUT2D eigenvalue weighted by atomic mass is 9.74. The molecule has 1 aromatic heterocycles. The summed E-state index contributed by atoms with van der Waals surface area (Å²) in [6, 6.07) is 1.76. The Kier molecular flexibility index (Phi) is 5.95. The quantitative estimate of drug-likeness (QED) is 0.723. The third-order valence-electron chi connectivity index (χ3n) is 5.75. The molecule has 0 radical (unpaired) electrons. The number of fused-ring (bicyclic) bond motifs is 1. The second-order valence-electron chi connectivity index (χ2n) is 8.62. The third kappa shape index (κ3) is 4.00. The van der Waals surface area contributed by atoms with Gasteiger partial charge in [-0.15, -0.1) is 0 Å². The molecular weight excluding hydrogens is 378 g/mol. The summed E-state index contributed by atoms with van der Waals surface area (Å²) in [6.07, 6.45) is 4.73. The molecule has 1 amide bonds. The number of amides is 1. The van der Waals surface area contributed by atoms with Crippen LogP contribution in [-0.2, 0) is 14.8 Å². The van der Waals surface area contributed by atoms with E-state index in [1.165, 1.54) is 0 Å². The first kappa shape index (κ1) is 21.0. The molecule has 0 aromatic carbocycles. The van der Waals surface area contributed by atoms with Gasteiger partial charge in [0.1, 0.15) is 0 Å². The summed E-state index contributed by atoms with van der Waals surface area (Å²) in [5, 5.41) is 0. The summed E-state index contributed by atoms with van der Waals surface area (Å²) in [7, 11) is 0.203. The summed E-state index contributed by atoms with van der Waals surface area (Å²) in [6.45, 7) is 5.79. The minimum atomic E-state index is -3.34. The Balaban J connectivity index is 1.93. The van der Waals surface area contributed by atoms with Crippen LogP contribution >= 0.6 is 0 Å². The predicted molar refractivity (Wildman–Crippen MR) is 108 cm³/mol. The summed E-state index contributed by atoms with van der Waals surface area (Å²) in [4.78, 5) is 25.6. The molecule has 0 saturated carbocycles. The molecule has 0 bridgehead atoms. The van der Waals surface area contributed by atoms with E-state index in [0.717, 1.165) is 0 Å². The van der Waals surface area contributed by atoms with Gasteiger partial charge in [-0.3, -0.25) is 4.79 Å². The van der Waals surface area contributed by atoms with Crippen molar-refractivity contribution in [3.8, 4) is 0 Å². The van der Waals surface area contributed by atoms with E-state index in [2.05, 4.69) is 9.97 Å². The molecule has 8 nitrogen and oxygen atoms in total. The first-order chi connectivity index (χ1) is 13.2. The predicted octanol–water partition coefficient (Wildman–Crippen LogP) is 1.07. The molecule has 0 N–H and O–H groups in total. The molecule has 1 aromatic rings. The van der Waals surface area contributed by atoms with Gasteiger partial charge < -0.3 is 9.80 Å². The van der Waals surface area contributed by atoms with Crippen LogP contribution in [0.1, 0.15) is 26.7 Å². The molecule has 2 fully saturated rings. The molecule has 0 spiro atoms. The van der Waals surface area contributed by atoms with Gasteiger partial charge in [0.15, 0.2) is 0 Å². The first-order valence-corrected chi connectivity index (χ1v) is 11.5. The topological polar surface area (TPSA) is 86.7 Å². The van der Waals surface area contributed by atoms with Crippen molar-refractivity contribution in [2.24, 2.45) is 17.3 Å². The van der Waals surface area contributed by atoms with Gasteiger partial charge in [-0.05, 0) is 24.8 Å². The van der Waals surface area contributed by atoms with Crippen molar-refractivity contribution in [2.75, 3.05) is 50.9 Å². The number of sulfonamides is 1. The van der Waals surface area contributed by atoms with E-state index in [-0.39, 0.29) is 23.5 Å². The Hall–Kier alpha value is -1.74. The number of anilines is 1. The fourth-order valence-corrected chi connectivity index (χ4v) is 6.45. The molecule has 2 aliphatic heterocycles. The number of hydrogen-bond acceptors (Lipinski definition) is 6. The lowest BCUT2D eigenvalue weighted by molar-refractivity contribution is -0.141. The van der Waals surface area contributed by atoms with Gasteiger partial charge in [0, 0.05) is 58.6 Å². The minimum absolute atomic E-state index is 0.0686. The highest BCUT2D eigenvalue weighted by atomic mass is 32.2. The highest BCUT2D eigenvalue weighted by Gasteiger charge is 2.55. The molecule has 156 valence electrons. The van der Waals surface area contributed by atoms with Crippen LogP contribution in [-0.4, -0.2) is 79.5 Å². The molecule has 9 heteroatoms. The minimum Gasteiger partial charge on any atom is -0.348 e. The summed E-state index contributed by atoms with van der Waals surface area (Å²) >= 11 is 0. The molecule has 2 aliphatic rings. The van der Waals surface area contributed by atoms with Crippen LogP contribution in [0.4, 0.5) is 5.95 Å². The monoisotopic (exact) mass is 409 g/mol. The lowest BCUT2D eigenvalue weighted by Crippen LogP contribution is -2.48. The van der Waals surface area contributed by atoms with Crippen molar-refractivity contribution in [3.05, 3.63) is 18.5 Å². The van der Waals surface area contributed by atoms with E-state index >= 15 is 0 Å². The summed E-state index contributed by atoms with van der Waals surface area (Å²) < 4.78 is 27.4. The van der Waals surface area contributed by atoms with Gasteiger partial charge in [-0.25, -0.2) is 22.7 Å². The van der Waals surface area contributed by atoms with Crippen molar-refractivity contribution in [1.82, 2.24) is 19.2 Å². The van der Waals surface area contributed by atoms with Gasteiger partial charge in [0.25, 0.3) is 0 Å². The zero-order valence-electron chi connectivity index (χ0n) is 17.2. The Morgan fingerprint density at radius 1 is 1.29 bits per heavy atom. The number of nitrogens with zero attached hydrogens (tertiary/aromatic N) is 5. The first-order valence-electron chi connectivity index (χ1n) is 9.87. The molecule has 0 aliphatic carbocycles. The van der Waals surface area contributed by atoms with E-state index in [1.807, 2.05) is 18.7 Å². The lowest BCUT2D eigenvalue weighted by Gasteiger charge is -2.34. The Labute approximate surface area is 168 Å². The van der Waals surface area contributed by atoms with Crippen LogP contribution in [0.15, 0.2) is 18.5 Å². The van der Waals surface area contributed by atoms with Gasteiger partial charge >= 0.3 is 0 Å². The van der Waals surface area contributed by atoms with Crippen molar-refractivity contribution in [1.29, 1.82) is 0 Å². The van der Waals surface area contributed by atoms with Crippen molar-refractivity contribution < 1.29 is 13.2 Å². The van der Waals surface area contributed by atoms with E-state index in [9.17, 15) is 13.2 Å². The maximum absolute atomic E-state index is 13.3. The summed E-state index contributed by atoms with van der Waals surface area (Å²) in [5.41, 5.74) is -0.606. The Bertz CT molecular complexity index is 799. The molecule has 3 rings (SSSR count). The second kappa shape index (κ2) is 7.94. The Morgan fingerprint density at radius 2 is 1.96 bits per heavy atom. The van der Waals surface area contributed by atoms with E-state index in [4.69, 9.17) is 0 Å². The van der Waals surface area contributed by atoms with E-state index < -0.39 is 15.4 Å². The molecule has 28 heavy (non-hydrogen) atoms. The number of aromatic nitrogens is 2. The average molecular weight is 410 g/mol. The van der Waals surface area contributed by atoms with Crippen LogP contribution in [0.3, 0.4) is 0 Å². The fraction of sp³-hybridized carbons (Fsp3) is 0.737. The second-order valence-corrected chi connectivity index (χ2v) is 10.6. The molecular formula is C19H31N5O3S. The van der Waals surface area contributed by atoms with Crippen molar-refractivity contribution in [2.45, 2.75) is 26.7 Å². The SMILES string of the molecule is CC(C)CS(=O)(=O)N1CCC[C@]2(C(=O)N(C)C)CN(c3ncccn3)C[C@@H]2C1. The Morgan fingerprint density at radius 3 is 2.57 bits per heavy atom. The highest BCUT2D eigenvalue weighted by Crippen LogP contribution is 2.45. The van der Waals surface area contributed by atoms with Crippen molar-refractivity contribution >= 4 is 21.9 Å². The molecule has 2 saturated heterocycles. The zero-order valence-corrected chi connectivity index (χ0v) is 18.0. The zero-order chi connectivity index (χ0) is 20.5. The number of hydrogen-bond donors (Lipinski definition) is 0. The van der Waals surface area contributed by atoms with Gasteiger partial charge in [-0.1, -0.05) is 13.8 Å². The van der Waals surface area contributed by atoms with Crippen LogP contribution in [0, 0.1) is 17.3 Å². The molecule has 3 heterocycles. The summed E-state index contributed by atoms with van der Waals surface area (Å²) in [5.74, 6) is 0.784. The highest BCUT2D eigenvalue weighted by molar-refractivity contribution is 7.89. The fourth-order valence-electron chi connectivity index (χ4n) is 4.58. The third-order valence-corrected chi connectivity index (χ3v) is 7.96. The van der Waals surface area contributed by atoms with E-state index in [0.29, 0.717) is 45.0 Å². The van der Waals surface area contributed by atoms with Crippen LogP contribution in [0.2, 0.25) is 0 Å².